The van der Waals surface area contributed by atoms with E-state index in [0.717, 1.165) is 24.2 Å². The third kappa shape index (κ3) is 5.55. The van der Waals surface area contributed by atoms with Crippen LogP contribution in [0.25, 0.3) is 0 Å². The van der Waals surface area contributed by atoms with Crippen molar-refractivity contribution in [2.75, 3.05) is 12.4 Å². The first-order valence-electron chi connectivity index (χ1n) is 10.7. The lowest BCUT2D eigenvalue weighted by Crippen LogP contribution is -2.31. The molecule has 0 radical (unpaired) electrons. The molecule has 3 aromatic rings. The zero-order valence-corrected chi connectivity index (χ0v) is 20.1. The second-order valence-electron chi connectivity index (χ2n) is 8.40. The topological polar surface area (TPSA) is 78.5 Å². The maximum Gasteiger partial charge on any atom is 0.319 e. The van der Waals surface area contributed by atoms with E-state index in [4.69, 9.17) is 11.6 Å². The Hall–Kier alpha value is -2.87. The number of nitrogens with zero attached hydrogens (tertiary/aromatic N) is 1. The molecule has 0 aromatic heterocycles. The van der Waals surface area contributed by atoms with Crippen LogP contribution in [0.3, 0.4) is 0 Å². The Balaban J connectivity index is 1.39. The summed E-state index contributed by atoms with van der Waals surface area (Å²) in [6.45, 7) is 3.57. The fraction of sp³-hybridized carbons (Fsp3) is 0.240. The molecule has 6 nitrogen and oxygen atoms in total. The highest BCUT2D eigenvalue weighted by molar-refractivity contribution is 7.90. The van der Waals surface area contributed by atoms with Crippen molar-refractivity contribution >= 4 is 33.2 Å². The molecule has 172 valence electrons. The number of carbonyl (C=O) groups excluding carboxylic acids is 1. The summed E-state index contributed by atoms with van der Waals surface area (Å²) in [5.41, 5.74) is 4.52. The lowest BCUT2D eigenvalue weighted by Gasteiger charge is -2.16. The van der Waals surface area contributed by atoms with E-state index in [1.807, 2.05) is 50.4 Å². The normalized spacial score (nSPS) is 14.5. The highest BCUT2D eigenvalue weighted by Crippen LogP contribution is 2.26. The maximum absolute atomic E-state index is 12.9. The van der Waals surface area contributed by atoms with Crippen molar-refractivity contribution in [3.05, 3.63) is 94.0 Å². The molecule has 2 amide bonds. The number of benzene rings is 3. The molecule has 33 heavy (non-hydrogen) atoms. The van der Waals surface area contributed by atoms with Gasteiger partial charge in [-0.05, 0) is 66.6 Å². The van der Waals surface area contributed by atoms with E-state index in [1.54, 1.807) is 18.2 Å². The highest BCUT2D eigenvalue weighted by Gasteiger charge is 2.20. The number of hydrogen-bond donors (Lipinski definition) is 2. The number of sulfone groups is 1. The fourth-order valence-corrected chi connectivity index (χ4v) is 5.66. The first-order chi connectivity index (χ1) is 15.7. The minimum atomic E-state index is -3.51. The van der Waals surface area contributed by atoms with Crippen LogP contribution in [0.1, 0.15) is 35.2 Å². The monoisotopic (exact) mass is 483 g/mol. The summed E-state index contributed by atoms with van der Waals surface area (Å²) in [5.74, 6) is -0.0629. The molecular formula is C25H26ClN3O3S. The first kappa shape index (κ1) is 23.3. The van der Waals surface area contributed by atoms with Crippen molar-refractivity contribution in [1.29, 1.82) is 0 Å². The van der Waals surface area contributed by atoms with Crippen LogP contribution in [-0.4, -0.2) is 26.4 Å². The number of nitrogens with one attached hydrogen (secondary N) is 2. The Kier molecular flexibility index (Phi) is 6.74. The van der Waals surface area contributed by atoms with Crippen LogP contribution in [0.2, 0.25) is 5.02 Å². The zero-order valence-electron chi connectivity index (χ0n) is 18.5. The number of carbonyl (C=O) groups is 1. The van der Waals surface area contributed by atoms with Gasteiger partial charge >= 0.3 is 6.03 Å². The van der Waals surface area contributed by atoms with Gasteiger partial charge in [-0.1, -0.05) is 48.0 Å². The van der Waals surface area contributed by atoms with Crippen molar-refractivity contribution in [2.45, 2.75) is 36.7 Å². The van der Waals surface area contributed by atoms with Gasteiger partial charge in [0, 0.05) is 23.8 Å². The molecule has 1 aliphatic heterocycles. The molecule has 0 saturated heterocycles. The molecule has 3 aromatic carbocycles. The van der Waals surface area contributed by atoms with E-state index in [-0.39, 0.29) is 16.7 Å². The third-order valence-electron chi connectivity index (χ3n) is 5.70. The second-order valence-corrected chi connectivity index (χ2v) is 10.8. The second kappa shape index (κ2) is 9.55. The van der Waals surface area contributed by atoms with Gasteiger partial charge in [-0.25, -0.2) is 13.2 Å². The van der Waals surface area contributed by atoms with E-state index in [2.05, 4.69) is 15.5 Å². The van der Waals surface area contributed by atoms with Gasteiger partial charge in [-0.2, -0.15) is 0 Å². The number of urea groups is 1. The summed E-state index contributed by atoms with van der Waals surface area (Å²) in [5, 5.41) is 6.14. The van der Waals surface area contributed by atoms with Gasteiger partial charge in [0.15, 0.2) is 9.84 Å². The van der Waals surface area contributed by atoms with Crippen molar-refractivity contribution < 1.29 is 13.2 Å². The third-order valence-corrected chi connectivity index (χ3v) is 7.75. The Morgan fingerprint density at radius 1 is 1.03 bits per heavy atom. The van der Waals surface area contributed by atoms with E-state index in [1.165, 1.54) is 23.3 Å². The maximum atomic E-state index is 12.9. The number of halogens is 1. The molecule has 0 fully saturated rings. The molecule has 2 N–H and O–H groups in total. The van der Waals surface area contributed by atoms with Gasteiger partial charge in [0.05, 0.1) is 16.7 Å². The standard InChI is InChI=1S/C25H26ClN3O3S/c1-17(23-5-3-4-6-24(23)26)27-25(30)28-21-9-11-22(12-10-21)33(31,32)16-18-7-8-19-14-29(2)15-20(19)13-18/h3-13,17H,14-16H2,1-2H3,(H2,27,28,30). The molecule has 4 rings (SSSR count). The molecule has 8 heteroatoms. The van der Waals surface area contributed by atoms with Gasteiger partial charge in [-0.3, -0.25) is 4.90 Å². The zero-order chi connectivity index (χ0) is 23.6. The summed E-state index contributed by atoms with van der Waals surface area (Å²) in [6.07, 6.45) is 0. The summed E-state index contributed by atoms with van der Waals surface area (Å²) in [7, 11) is -1.46. The summed E-state index contributed by atoms with van der Waals surface area (Å²) in [6, 6.07) is 18.7. The van der Waals surface area contributed by atoms with Gasteiger partial charge in [-0.15, -0.1) is 0 Å². The Morgan fingerprint density at radius 3 is 2.45 bits per heavy atom. The van der Waals surface area contributed by atoms with Gasteiger partial charge < -0.3 is 10.6 Å². The quantitative estimate of drug-likeness (QED) is 0.508. The van der Waals surface area contributed by atoms with Crippen molar-refractivity contribution in [1.82, 2.24) is 10.2 Å². The minimum Gasteiger partial charge on any atom is -0.331 e. The molecule has 0 spiro atoms. The summed E-state index contributed by atoms with van der Waals surface area (Å²) >= 11 is 6.18. The molecule has 0 saturated carbocycles. The number of rotatable bonds is 6. The number of amides is 2. The summed E-state index contributed by atoms with van der Waals surface area (Å²) in [4.78, 5) is 14.8. The number of hydrogen-bond acceptors (Lipinski definition) is 4. The number of anilines is 1. The molecule has 1 unspecified atom stereocenters. The largest absolute Gasteiger partial charge is 0.331 e. The average Bonchev–Trinajstić information content (AvgIpc) is 3.13. The van der Waals surface area contributed by atoms with E-state index in [0.29, 0.717) is 10.7 Å². The van der Waals surface area contributed by atoms with Crippen LogP contribution in [-0.2, 0) is 28.7 Å². The van der Waals surface area contributed by atoms with Gasteiger partial charge in [0.25, 0.3) is 0 Å². The van der Waals surface area contributed by atoms with Gasteiger partial charge in [0.2, 0.25) is 0 Å². The molecule has 0 aliphatic carbocycles. The summed E-state index contributed by atoms with van der Waals surface area (Å²) < 4.78 is 25.8. The Bertz CT molecular complexity index is 1280. The van der Waals surface area contributed by atoms with E-state index in [9.17, 15) is 13.2 Å². The minimum absolute atomic E-state index is 0.0629. The van der Waals surface area contributed by atoms with Crippen molar-refractivity contribution in [2.24, 2.45) is 0 Å². The average molecular weight is 484 g/mol. The number of fused-ring (bicyclic) bond motifs is 1. The lowest BCUT2D eigenvalue weighted by molar-refractivity contribution is 0.249. The Labute approximate surface area is 199 Å². The molecule has 1 heterocycles. The SMILES string of the molecule is CC(NC(=O)Nc1ccc(S(=O)(=O)Cc2ccc3c(c2)CN(C)C3)cc1)c1ccccc1Cl. The van der Waals surface area contributed by atoms with E-state index >= 15 is 0 Å². The Morgan fingerprint density at radius 2 is 1.73 bits per heavy atom. The predicted molar refractivity (Wildman–Crippen MR) is 131 cm³/mol. The lowest BCUT2D eigenvalue weighted by atomic mass is 10.1. The van der Waals surface area contributed by atoms with Gasteiger partial charge in [0.1, 0.15) is 0 Å². The van der Waals surface area contributed by atoms with Crippen LogP contribution in [0.15, 0.2) is 71.6 Å². The molecule has 1 atom stereocenters. The highest BCUT2D eigenvalue weighted by atomic mass is 35.5. The van der Waals surface area contributed by atoms with Crippen LogP contribution < -0.4 is 10.6 Å². The predicted octanol–water partition coefficient (Wildman–Crippen LogP) is 5.14. The molecule has 0 bridgehead atoms. The van der Waals surface area contributed by atoms with Crippen LogP contribution in [0, 0.1) is 0 Å². The molecular weight excluding hydrogens is 458 g/mol. The van der Waals surface area contributed by atoms with Crippen molar-refractivity contribution in [3.63, 3.8) is 0 Å². The fourth-order valence-electron chi connectivity index (χ4n) is 4.02. The van der Waals surface area contributed by atoms with Crippen LogP contribution in [0.4, 0.5) is 10.5 Å². The van der Waals surface area contributed by atoms with Crippen molar-refractivity contribution in [3.8, 4) is 0 Å². The van der Waals surface area contributed by atoms with Crippen LogP contribution in [0.5, 0.6) is 0 Å². The first-order valence-corrected chi connectivity index (χ1v) is 12.7. The smallest absolute Gasteiger partial charge is 0.319 e. The molecule has 1 aliphatic rings. The van der Waals surface area contributed by atoms with Crippen LogP contribution >= 0.6 is 11.6 Å². The van der Waals surface area contributed by atoms with E-state index < -0.39 is 15.9 Å².